The Morgan fingerprint density at radius 1 is 1.19 bits per heavy atom. The molecule has 90 valence electrons. The number of hydrogen-bond donors (Lipinski definition) is 1. The highest BCUT2D eigenvalue weighted by molar-refractivity contribution is 6.68. The van der Waals surface area contributed by atoms with Crippen molar-refractivity contribution in [1.82, 2.24) is 0 Å². The van der Waals surface area contributed by atoms with Crippen LogP contribution in [0.3, 0.4) is 0 Å². The summed E-state index contributed by atoms with van der Waals surface area (Å²) in [4.78, 5) is 0. The summed E-state index contributed by atoms with van der Waals surface area (Å²) in [5, 5.41) is 0. The Kier molecular flexibility index (Phi) is 5.87. The molecule has 0 aliphatic heterocycles. The third-order valence-electron chi connectivity index (χ3n) is 2.13. The summed E-state index contributed by atoms with van der Waals surface area (Å²) >= 11 is 17.1. The summed E-state index contributed by atoms with van der Waals surface area (Å²) in [5.74, 6) is 0. The van der Waals surface area contributed by atoms with Crippen molar-refractivity contribution in [3.8, 4) is 0 Å². The summed E-state index contributed by atoms with van der Waals surface area (Å²) < 4.78 is 3.97. The van der Waals surface area contributed by atoms with Gasteiger partial charge in [0, 0.05) is 6.54 Å². The van der Waals surface area contributed by atoms with Crippen molar-refractivity contribution in [2.45, 2.75) is 16.3 Å². The van der Waals surface area contributed by atoms with Gasteiger partial charge in [0.25, 0.3) is 0 Å². The highest BCUT2D eigenvalue weighted by atomic mass is 35.6. The molecule has 1 aromatic rings. The van der Waals surface area contributed by atoms with Gasteiger partial charge in [0.15, 0.2) is 0 Å². The van der Waals surface area contributed by atoms with Gasteiger partial charge >= 0.3 is 0 Å². The molecule has 0 bridgehead atoms. The van der Waals surface area contributed by atoms with Crippen LogP contribution < -0.4 is 5.73 Å². The van der Waals surface area contributed by atoms with E-state index in [9.17, 15) is 0 Å². The van der Waals surface area contributed by atoms with Crippen LogP contribution in [-0.4, -0.2) is 23.0 Å². The molecule has 0 aromatic heterocycles. The van der Waals surface area contributed by atoms with Gasteiger partial charge in [-0.3, -0.25) is 0 Å². The molecule has 0 aliphatic rings. The zero-order valence-corrected chi connectivity index (χ0v) is 11.0. The summed E-state index contributed by atoms with van der Waals surface area (Å²) in [7, 11) is 0. The monoisotopic (exact) mass is 281 g/mol. The summed E-state index contributed by atoms with van der Waals surface area (Å²) in [5.41, 5.74) is 6.64. The number of hydrogen-bond acceptors (Lipinski definition) is 2. The third-order valence-corrected chi connectivity index (χ3v) is 2.86. The molecule has 0 heterocycles. The molecule has 1 atom stereocenters. The van der Waals surface area contributed by atoms with E-state index in [1.807, 2.05) is 30.3 Å². The average Bonchev–Trinajstić information content (AvgIpc) is 2.24. The lowest BCUT2D eigenvalue weighted by molar-refractivity contribution is 0.0640. The Morgan fingerprint density at radius 3 is 2.31 bits per heavy atom. The van der Waals surface area contributed by atoms with Crippen LogP contribution >= 0.6 is 34.8 Å². The van der Waals surface area contributed by atoms with Gasteiger partial charge in [0.05, 0.1) is 6.61 Å². The Balaban J connectivity index is 2.35. The van der Waals surface area contributed by atoms with E-state index in [2.05, 4.69) is 0 Å². The van der Waals surface area contributed by atoms with Crippen LogP contribution in [0.15, 0.2) is 30.3 Å². The zero-order valence-electron chi connectivity index (χ0n) is 8.70. The first-order valence-electron chi connectivity index (χ1n) is 4.96. The molecule has 0 amide bonds. The van der Waals surface area contributed by atoms with Crippen molar-refractivity contribution in [2.75, 3.05) is 13.2 Å². The van der Waals surface area contributed by atoms with Gasteiger partial charge in [0.2, 0.25) is 3.79 Å². The summed E-state index contributed by atoms with van der Waals surface area (Å²) in [6.45, 7) is 0.672. The molecule has 0 saturated heterocycles. The molecular formula is C11H14Cl3NO. The fourth-order valence-corrected chi connectivity index (χ4v) is 1.72. The molecule has 0 radical (unpaired) electrons. The number of rotatable bonds is 5. The first-order chi connectivity index (χ1) is 7.54. The van der Waals surface area contributed by atoms with Crippen LogP contribution in [0.25, 0.3) is 0 Å². The van der Waals surface area contributed by atoms with Crippen LogP contribution in [0.2, 0.25) is 0 Å². The second-order valence-electron chi connectivity index (χ2n) is 3.37. The van der Waals surface area contributed by atoms with Gasteiger partial charge < -0.3 is 10.5 Å². The predicted octanol–water partition coefficient (Wildman–Crippen LogP) is 2.94. The maximum absolute atomic E-state index is 5.71. The molecule has 1 rings (SSSR count). The second kappa shape index (κ2) is 6.67. The van der Waals surface area contributed by atoms with Crippen molar-refractivity contribution in [2.24, 2.45) is 5.73 Å². The minimum Gasteiger partial charge on any atom is -0.372 e. The fourth-order valence-electron chi connectivity index (χ4n) is 1.26. The van der Waals surface area contributed by atoms with Crippen LogP contribution in [0.1, 0.15) is 5.56 Å². The minimum absolute atomic E-state index is 0.186. The SMILES string of the molecule is NCC(OCCc1ccccc1)C(Cl)(Cl)Cl. The average molecular weight is 283 g/mol. The summed E-state index contributed by atoms with van der Waals surface area (Å²) in [6.07, 6.45) is 0.208. The number of benzene rings is 1. The van der Waals surface area contributed by atoms with Gasteiger partial charge in [-0.1, -0.05) is 65.1 Å². The van der Waals surface area contributed by atoms with E-state index in [0.29, 0.717) is 6.61 Å². The largest absolute Gasteiger partial charge is 0.372 e. The van der Waals surface area contributed by atoms with Crippen molar-refractivity contribution >= 4 is 34.8 Å². The highest BCUT2D eigenvalue weighted by Crippen LogP contribution is 2.31. The van der Waals surface area contributed by atoms with E-state index in [0.717, 1.165) is 6.42 Å². The van der Waals surface area contributed by atoms with Crippen molar-refractivity contribution in [3.05, 3.63) is 35.9 Å². The number of nitrogens with two attached hydrogens (primary N) is 1. The first kappa shape index (κ1) is 14.1. The van der Waals surface area contributed by atoms with Gasteiger partial charge in [-0.05, 0) is 12.0 Å². The molecule has 1 unspecified atom stereocenters. The predicted molar refractivity (Wildman–Crippen MR) is 69.2 cm³/mol. The van der Waals surface area contributed by atoms with Gasteiger partial charge in [-0.15, -0.1) is 0 Å². The van der Waals surface area contributed by atoms with E-state index in [1.54, 1.807) is 0 Å². The van der Waals surface area contributed by atoms with Crippen LogP contribution in [0, 0.1) is 0 Å². The van der Waals surface area contributed by atoms with E-state index >= 15 is 0 Å². The highest BCUT2D eigenvalue weighted by Gasteiger charge is 2.32. The van der Waals surface area contributed by atoms with Gasteiger partial charge in [0.1, 0.15) is 6.10 Å². The molecular weight excluding hydrogens is 268 g/mol. The maximum atomic E-state index is 5.71. The standard InChI is InChI=1S/C11H14Cl3NO/c12-11(13,14)10(8-15)16-7-6-9-4-2-1-3-5-9/h1-5,10H,6-8,15H2. The number of ether oxygens (including phenoxy) is 1. The van der Waals surface area contributed by atoms with E-state index in [4.69, 9.17) is 45.3 Å². The van der Waals surface area contributed by atoms with Crippen LogP contribution in [0.4, 0.5) is 0 Å². The Bertz CT molecular complexity index is 300. The first-order valence-corrected chi connectivity index (χ1v) is 6.09. The molecule has 16 heavy (non-hydrogen) atoms. The van der Waals surface area contributed by atoms with E-state index in [1.165, 1.54) is 5.56 Å². The third kappa shape index (κ3) is 4.89. The van der Waals surface area contributed by atoms with E-state index in [-0.39, 0.29) is 6.54 Å². The quantitative estimate of drug-likeness (QED) is 0.843. The van der Waals surface area contributed by atoms with Crippen molar-refractivity contribution in [3.63, 3.8) is 0 Å². The van der Waals surface area contributed by atoms with Crippen LogP contribution in [-0.2, 0) is 11.2 Å². The molecule has 0 fully saturated rings. The smallest absolute Gasteiger partial charge is 0.217 e. The Morgan fingerprint density at radius 2 is 1.81 bits per heavy atom. The molecule has 0 aliphatic carbocycles. The van der Waals surface area contributed by atoms with Crippen molar-refractivity contribution < 1.29 is 4.74 Å². The number of halogens is 3. The molecule has 5 heteroatoms. The lowest BCUT2D eigenvalue weighted by atomic mass is 10.2. The minimum atomic E-state index is -1.47. The zero-order chi connectivity index (χ0) is 12.0. The fraction of sp³-hybridized carbons (Fsp3) is 0.455. The lowest BCUT2D eigenvalue weighted by Gasteiger charge is -2.23. The van der Waals surface area contributed by atoms with E-state index < -0.39 is 9.90 Å². The topological polar surface area (TPSA) is 35.2 Å². The van der Waals surface area contributed by atoms with Gasteiger partial charge in [-0.2, -0.15) is 0 Å². The van der Waals surface area contributed by atoms with Gasteiger partial charge in [-0.25, -0.2) is 0 Å². The number of alkyl halides is 3. The lowest BCUT2D eigenvalue weighted by Crippen LogP contribution is -2.36. The summed E-state index contributed by atoms with van der Waals surface area (Å²) in [6, 6.07) is 9.97. The molecule has 2 N–H and O–H groups in total. The molecule has 0 spiro atoms. The Hall–Kier alpha value is 0.01000. The molecule has 2 nitrogen and oxygen atoms in total. The second-order valence-corrected chi connectivity index (χ2v) is 5.74. The van der Waals surface area contributed by atoms with Crippen molar-refractivity contribution in [1.29, 1.82) is 0 Å². The molecule has 1 aromatic carbocycles. The normalized spacial score (nSPS) is 13.8. The Labute approximate surface area is 111 Å². The van der Waals surface area contributed by atoms with Crippen LogP contribution in [0.5, 0.6) is 0 Å². The maximum Gasteiger partial charge on any atom is 0.217 e. The molecule has 0 saturated carbocycles.